The number of nitrogens with zero attached hydrogens (tertiary/aromatic N) is 1. The van der Waals surface area contributed by atoms with Crippen LogP contribution < -0.4 is 13.0 Å². The molecule has 0 fully saturated rings. The van der Waals surface area contributed by atoms with E-state index in [1.165, 1.54) is 0 Å². The zero-order valence-corrected chi connectivity index (χ0v) is 15.6. The Morgan fingerprint density at radius 1 is 1.10 bits per heavy atom. The van der Waals surface area contributed by atoms with Gasteiger partial charge in [-0.1, -0.05) is 0 Å². The molecule has 0 amide bonds. The molecule has 1 aromatic heterocycles. The van der Waals surface area contributed by atoms with Gasteiger partial charge in [-0.05, 0) is 0 Å². The van der Waals surface area contributed by atoms with Gasteiger partial charge in [0, 0.05) is 0 Å². The van der Waals surface area contributed by atoms with Gasteiger partial charge in [-0.15, -0.1) is 0 Å². The maximum absolute atomic E-state index is 11.9. The van der Waals surface area contributed by atoms with Crippen molar-refractivity contribution >= 4 is 37.0 Å². The first-order chi connectivity index (χ1) is 10.3. The molecular formula is C15H11N2O3Tl. The van der Waals surface area contributed by atoms with Gasteiger partial charge >= 0.3 is 137 Å². The zero-order valence-electron chi connectivity index (χ0n) is 11.1. The molecule has 1 N–H and O–H groups in total. The van der Waals surface area contributed by atoms with Crippen LogP contribution in [0.1, 0.15) is 5.56 Å². The molecule has 0 aliphatic heterocycles. The predicted octanol–water partition coefficient (Wildman–Crippen LogP) is 1.96. The summed E-state index contributed by atoms with van der Waals surface area (Å²) < 4.78 is 11.2. The standard InChI is InChI=1S/C15H12N2O3.Tl/c18-14-11-7-4-8-12(13(11)15(19)17-16-14)20-9-10-5-2-1-3-6-10;/h1-8H,9H2,(H,16,18)(H,17,19);/q;+1/p-1. The molecule has 0 spiro atoms. The summed E-state index contributed by atoms with van der Waals surface area (Å²) >= 11 is 0.277. The molecule has 2 aromatic carbocycles. The second-order valence-corrected chi connectivity index (χ2v) is 5.35. The number of H-pyrrole nitrogens is 1. The molecule has 21 heavy (non-hydrogen) atoms. The fourth-order valence-electron chi connectivity index (χ4n) is 2.10. The SMILES string of the molecule is O=c1[nH]nc([O][Tl])c2c(OCc3ccccc3)cccc12. The Bertz CT molecular complexity index is 818. The van der Waals surface area contributed by atoms with Crippen molar-refractivity contribution in [1.29, 1.82) is 0 Å². The molecule has 5 nitrogen and oxygen atoms in total. The summed E-state index contributed by atoms with van der Waals surface area (Å²) in [6.45, 7) is 0.426. The van der Waals surface area contributed by atoms with Gasteiger partial charge in [-0.2, -0.15) is 0 Å². The third kappa shape index (κ3) is 2.92. The number of ether oxygens (including phenoxy) is 1. The Balaban J connectivity index is 2.02. The molecular weight excluding hydrogens is 461 g/mol. The molecule has 0 radical (unpaired) electrons. The monoisotopic (exact) mass is 472 g/mol. The van der Waals surface area contributed by atoms with E-state index >= 15 is 0 Å². The van der Waals surface area contributed by atoms with Crippen LogP contribution in [-0.2, 0) is 6.61 Å². The Hall–Kier alpha value is -1.90. The molecule has 0 aliphatic carbocycles. The molecule has 0 unspecified atom stereocenters. The van der Waals surface area contributed by atoms with Crippen LogP contribution in [0, 0.1) is 0 Å². The number of aromatic nitrogens is 2. The summed E-state index contributed by atoms with van der Waals surface area (Å²) in [5, 5.41) is 7.52. The van der Waals surface area contributed by atoms with Gasteiger partial charge in [0.2, 0.25) is 0 Å². The zero-order chi connectivity index (χ0) is 14.7. The van der Waals surface area contributed by atoms with Gasteiger partial charge in [0.15, 0.2) is 0 Å². The van der Waals surface area contributed by atoms with Crippen molar-refractivity contribution in [2.45, 2.75) is 6.61 Å². The summed E-state index contributed by atoms with van der Waals surface area (Å²) in [6.07, 6.45) is 0. The normalized spacial score (nSPS) is 10.4. The van der Waals surface area contributed by atoms with E-state index in [9.17, 15) is 4.79 Å². The third-order valence-electron chi connectivity index (χ3n) is 3.09. The fourth-order valence-corrected chi connectivity index (χ4v) is 2.76. The second kappa shape index (κ2) is 6.25. The Morgan fingerprint density at radius 2 is 1.90 bits per heavy atom. The van der Waals surface area contributed by atoms with E-state index in [0.717, 1.165) is 5.56 Å². The minimum atomic E-state index is -0.249. The van der Waals surface area contributed by atoms with Crippen molar-refractivity contribution < 1.29 is 7.42 Å². The average Bonchev–Trinajstić information content (AvgIpc) is 2.54. The number of hydrogen-bond donors (Lipinski definition) is 1. The fraction of sp³-hybridized carbons (Fsp3) is 0.0667. The first kappa shape index (κ1) is 14.1. The van der Waals surface area contributed by atoms with Gasteiger partial charge in [-0.3, -0.25) is 0 Å². The van der Waals surface area contributed by atoms with Crippen molar-refractivity contribution in [2.24, 2.45) is 0 Å². The van der Waals surface area contributed by atoms with Gasteiger partial charge in [-0.25, -0.2) is 0 Å². The molecule has 6 heteroatoms. The van der Waals surface area contributed by atoms with Crippen molar-refractivity contribution in [3.8, 4) is 11.6 Å². The molecule has 0 bridgehead atoms. The van der Waals surface area contributed by atoms with Crippen LogP contribution in [0.2, 0.25) is 0 Å². The van der Waals surface area contributed by atoms with E-state index in [0.29, 0.717) is 29.0 Å². The van der Waals surface area contributed by atoms with Crippen molar-refractivity contribution in [3.63, 3.8) is 0 Å². The van der Waals surface area contributed by atoms with Crippen LogP contribution in [0.25, 0.3) is 10.8 Å². The van der Waals surface area contributed by atoms with E-state index in [1.54, 1.807) is 12.1 Å². The summed E-state index contributed by atoms with van der Waals surface area (Å²) in [5.41, 5.74) is 0.809. The van der Waals surface area contributed by atoms with Crippen molar-refractivity contribution in [3.05, 3.63) is 64.4 Å². The number of rotatable bonds is 4. The van der Waals surface area contributed by atoms with E-state index in [2.05, 4.69) is 10.2 Å². The Labute approximate surface area is 137 Å². The quantitative estimate of drug-likeness (QED) is 0.591. The number of nitrogens with one attached hydrogen (secondary N) is 1. The van der Waals surface area contributed by atoms with Crippen molar-refractivity contribution in [1.82, 2.24) is 10.2 Å². The molecule has 3 aromatic rings. The van der Waals surface area contributed by atoms with E-state index in [-0.39, 0.29) is 31.8 Å². The van der Waals surface area contributed by atoms with Gasteiger partial charge in [0.05, 0.1) is 0 Å². The van der Waals surface area contributed by atoms with Crippen molar-refractivity contribution in [2.75, 3.05) is 0 Å². The second-order valence-electron chi connectivity index (χ2n) is 4.43. The summed E-state index contributed by atoms with van der Waals surface area (Å²) in [7, 11) is 0. The number of aromatic amines is 1. The topological polar surface area (TPSA) is 64.2 Å². The molecule has 0 atom stereocenters. The molecule has 0 saturated carbocycles. The van der Waals surface area contributed by atoms with E-state index in [4.69, 9.17) is 7.42 Å². The van der Waals surface area contributed by atoms with E-state index in [1.807, 2.05) is 36.4 Å². The van der Waals surface area contributed by atoms with Crippen LogP contribution in [0.3, 0.4) is 0 Å². The Kier molecular flexibility index (Phi) is 4.18. The third-order valence-corrected chi connectivity index (χ3v) is 3.96. The summed E-state index contributed by atoms with van der Waals surface area (Å²) in [5.74, 6) is 1.02. The van der Waals surface area contributed by atoms with Gasteiger partial charge in [0.25, 0.3) is 0 Å². The molecule has 0 saturated heterocycles. The number of hydrogen-bond acceptors (Lipinski definition) is 4. The number of benzene rings is 2. The maximum atomic E-state index is 11.9. The van der Waals surface area contributed by atoms with Crippen LogP contribution in [0.5, 0.6) is 11.6 Å². The predicted molar refractivity (Wildman–Crippen MR) is 79.5 cm³/mol. The first-order valence-corrected chi connectivity index (χ1v) is 8.17. The molecule has 0 aliphatic rings. The minimum absolute atomic E-state index is 0.249. The van der Waals surface area contributed by atoms with Gasteiger partial charge < -0.3 is 0 Å². The number of fused-ring (bicyclic) bond motifs is 1. The van der Waals surface area contributed by atoms with Crippen LogP contribution in [0.15, 0.2) is 53.3 Å². The molecule has 102 valence electrons. The Morgan fingerprint density at radius 3 is 2.67 bits per heavy atom. The van der Waals surface area contributed by atoms with Crippen LogP contribution in [0.4, 0.5) is 0 Å². The average molecular weight is 472 g/mol. The molecule has 3 rings (SSSR count). The van der Waals surface area contributed by atoms with Crippen LogP contribution >= 0.6 is 0 Å². The van der Waals surface area contributed by atoms with Gasteiger partial charge in [0.1, 0.15) is 0 Å². The van der Waals surface area contributed by atoms with E-state index < -0.39 is 0 Å². The summed E-state index contributed by atoms with van der Waals surface area (Å²) in [4.78, 5) is 11.9. The molecule has 1 heterocycles. The first-order valence-electron chi connectivity index (χ1n) is 6.34. The van der Waals surface area contributed by atoms with Crippen LogP contribution in [-0.4, -0.2) is 36.4 Å². The summed E-state index contributed by atoms with van der Waals surface area (Å²) in [6, 6.07) is 15.2.